The maximum absolute atomic E-state index is 12.5. The molecule has 8 heteroatoms. The highest BCUT2D eigenvalue weighted by Crippen LogP contribution is 2.26. The summed E-state index contributed by atoms with van der Waals surface area (Å²) in [6.07, 6.45) is 0. The van der Waals surface area contributed by atoms with Gasteiger partial charge in [-0.25, -0.2) is 9.48 Å². The van der Waals surface area contributed by atoms with Crippen LogP contribution < -0.4 is 4.74 Å². The Balaban J connectivity index is 1.95. The zero-order valence-corrected chi connectivity index (χ0v) is 16.2. The van der Waals surface area contributed by atoms with E-state index in [1.54, 1.807) is 42.5 Å². The highest BCUT2D eigenvalue weighted by molar-refractivity contribution is 9.10. The second kappa shape index (κ2) is 7.71. The van der Waals surface area contributed by atoms with Gasteiger partial charge in [-0.05, 0) is 42.3 Å². The van der Waals surface area contributed by atoms with Gasteiger partial charge < -0.3 is 4.74 Å². The molecule has 7 nitrogen and oxygen atoms in total. The zero-order chi connectivity index (χ0) is 19.6. The maximum Gasteiger partial charge on any atom is 0.344 e. The molecule has 3 rings (SSSR count). The molecule has 27 heavy (non-hydrogen) atoms. The predicted octanol–water partition coefficient (Wildman–Crippen LogP) is 4.89. The number of hydrogen-bond acceptors (Lipinski definition) is 5. The van der Waals surface area contributed by atoms with Crippen molar-refractivity contribution in [3.63, 3.8) is 0 Å². The highest BCUT2D eigenvalue weighted by atomic mass is 79.9. The molecule has 1 heterocycles. The smallest absolute Gasteiger partial charge is 0.344 e. The third-order valence-corrected chi connectivity index (χ3v) is 4.40. The van der Waals surface area contributed by atoms with Crippen LogP contribution in [0, 0.1) is 10.1 Å². The third kappa shape index (κ3) is 4.22. The van der Waals surface area contributed by atoms with E-state index in [0.29, 0.717) is 11.3 Å². The molecular weight excluding hydrogens is 414 g/mol. The standard InChI is InChI=1S/C19H16BrN3O4/c1-12(2)17-11-18(27-19(24)13-3-5-14(20)6-4-13)22(21-17)15-7-9-16(10-8-15)23(25)26/h3-12H,1-2H3. The van der Waals surface area contributed by atoms with Crippen molar-refractivity contribution < 1.29 is 14.5 Å². The molecule has 0 amide bonds. The lowest BCUT2D eigenvalue weighted by atomic mass is 10.1. The second-order valence-electron chi connectivity index (χ2n) is 6.14. The van der Waals surface area contributed by atoms with Gasteiger partial charge in [0.2, 0.25) is 5.88 Å². The van der Waals surface area contributed by atoms with Crippen LogP contribution in [0.5, 0.6) is 5.88 Å². The monoisotopic (exact) mass is 429 g/mol. The molecule has 1 aromatic heterocycles. The summed E-state index contributed by atoms with van der Waals surface area (Å²) < 4.78 is 7.87. The summed E-state index contributed by atoms with van der Waals surface area (Å²) >= 11 is 3.32. The number of carbonyl (C=O) groups excluding carboxylic acids is 1. The molecule has 0 fully saturated rings. The molecule has 2 aromatic carbocycles. The Morgan fingerprint density at radius 1 is 1.15 bits per heavy atom. The largest absolute Gasteiger partial charge is 0.404 e. The first-order valence-electron chi connectivity index (χ1n) is 8.17. The van der Waals surface area contributed by atoms with Crippen LogP contribution >= 0.6 is 15.9 Å². The minimum Gasteiger partial charge on any atom is -0.404 e. The van der Waals surface area contributed by atoms with E-state index in [1.807, 2.05) is 13.8 Å². The van der Waals surface area contributed by atoms with E-state index >= 15 is 0 Å². The molecule has 0 N–H and O–H groups in total. The van der Waals surface area contributed by atoms with Crippen LogP contribution in [0.15, 0.2) is 59.1 Å². The fourth-order valence-corrected chi connectivity index (χ4v) is 2.64. The Bertz CT molecular complexity index is 979. The first-order valence-corrected chi connectivity index (χ1v) is 8.97. The quantitative estimate of drug-likeness (QED) is 0.327. The third-order valence-electron chi connectivity index (χ3n) is 3.87. The van der Waals surface area contributed by atoms with Crippen LogP contribution in [0.2, 0.25) is 0 Å². The van der Waals surface area contributed by atoms with Crippen LogP contribution in [-0.4, -0.2) is 20.7 Å². The van der Waals surface area contributed by atoms with Crippen molar-refractivity contribution in [2.45, 2.75) is 19.8 Å². The number of non-ortho nitro benzene ring substituents is 1. The molecule has 0 unspecified atom stereocenters. The lowest BCUT2D eigenvalue weighted by Crippen LogP contribution is -2.11. The van der Waals surface area contributed by atoms with E-state index < -0.39 is 10.9 Å². The Morgan fingerprint density at radius 3 is 2.33 bits per heavy atom. The summed E-state index contributed by atoms with van der Waals surface area (Å²) in [6, 6.07) is 14.4. The number of benzene rings is 2. The minimum absolute atomic E-state index is 0.0246. The van der Waals surface area contributed by atoms with E-state index in [2.05, 4.69) is 21.0 Å². The summed E-state index contributed by atoms with van der Waals surface area (Å²) in [5, 5.41) is 15.3. The molecule has 0 saturated heterocycles. The van der Waals surface area contributed by atoms with Gasteiger partial charge in [0.1, 0.15) is 0 Å². The Hall–Kier alpha value is -3.00. The van der Waals surface area contributed by atoms with E-state index in [-0.39, 0.29) is 17.5 Å². The van der Waals surface area contributed by atoms with E-state index in [1.165, 1.54) is 16.8 Å². The first kappa shape index (κ1) is 18.8. The number of aromatic nitrogens is 2. The Kier molecular flexibility index (Phi) is 5.36. The fourth-order valence-electron chi connectivity index (χ4n) is 2.38. The summed E-state index contributed by atoms with van der Waals surface area (Å²) in [4.78, 5) is 22.8. The summed E-state index contributed by atoms with van der Waals surface area (Å²) in [6.45, 7) is 3.95. The Morgan fingerprint density at radius 2 is 1.78 bits per heavy atom. The maximum atomic E-state index is 12.5. The number of nitro groups is 1. The zero-order valence-electron chi connectivity index (χ0n) is 14.6. The molecule has 0 saturated carbocycles. The van der Waals surface area contributed by atoms with Gasteiger partial charge in [-0.1, -0.05) is 29.8 Å². The van der Waals surface area contributed by atoms with Gasteiger partial charge in [-0.2, -0.15) is 5.10 Å². The lowest BCUT2D eigenvalue weighted by Gasteiger charge is -2.08. The molecule has 0 aliphatic carbocycles. The van der Waals surface area contributed by atoms with Crippen LogP contribution in [0.4, 0.5) is 5.69 Å². The Labute approximate surface area is 163 Å². The van der Waals surface area contributed by atoms with E-state index in [0.717, 1.165) is 10.2 Å². The number of nitrogens with zero attached hydrogens (tertiary/aromatic N) is 3. The summed E-state index contributed by atoms with van der Waals surface area (Å²) in [5.74, 6) is -0.143. The van der Waals surface area contributed by atoms with Gasteiger partial charge in [0, 0.05) is 22.7 Å². The first-order chi connectivity index (χ1) is 12.8. The normalized spacial score (nSPS) is 10.8. The van der Waals surface area contributed by atoms with Crippen molar-refractivity contribution in [3.05, 3.63) is 80.4 Å². The summed E-state index contributed by atoms with van der Waals surface area (Å²) in [5.41, 5.74) is 1.68. The molecule has 0 atom stereocenters. The summed E-state index contributed by atoms with van der Waals surface area (Å²) in [7, 11) is 0. The molecule has 0 spiro atoms. The number of nitro benzene ring substituents is 1. The second-order valence-corrected chi connectivity index (χ2v) is 7.06. The average Bonchev–Trinajstić information content (AvgIpc) is 3.06. The number of esters is 1. The van der Waals surface area contributed by atoms with Crippen molar-refractivity contribution in [2.75, 3.05) is 0 Å². The molecule has 0 radical (unpaired) electrons. The molecule has 0 aliphatic rings. The number of rotatable bonds is 5. The van der Waals surface area contributed by atoms with Crippen molar-refractivity contribution in [1.82, 2.24) is 9.78 Å². The molecule has 3 aromatic rings. The van der Waals surface area contributed by atoms with Crippen LogP contribution in [0.3, 0.4) is 0 Å². The molecule has 0 bridgehead atoms. The average molecular weight is 430 g/mol. The van der Waals surface area contributed by atoms with Gasteiger partial charge >= 0.3 is 5.97 Å². The van der Waals surface area contributed by atoms with Gasteiger partial charge in [0.05, 0.1) is 21.9 Å². The molecule has 0 aliphatic heterocycles. The van der Waals surface area contributed by atoms with Gasteiger partial charge in [-0.3, -0.25) is 10.1 Å². The van der Waals surface area contributed by atoms with Crippen LogP contribution in [0.1, 0.15) is 35.8 Å². The number of carbonyl (C=O) groups is 1. The van der Waals surface area contributed by atoms with Crippen molar-refractivity contribution in [2.24, 2.45) is 0 Å². The molecule has 138 valence electrons. The number of halogens is 1. The number of hydrogen-bond donors (Lipinski definition) is 0. The lowest BCUT2D eigenvalue weighted by molar-refractivity contribution is -0.384. The van der Waals surface area contributed by atoms with Gasteiger partial charge in [0.15, 0.2) is 0 Å². The van der Waals surface area contributed by atoms with Crippen molar-refractivity contribution in [1.29, 1.82) is 0 Å². The van der Waals surface area contributed by atoms with Crippen LogP contribution in [-0.2, 0) is 0 Å². The van der Waals surface area contributed by atoms with E-state index in [4.69, 9.17) is 4.74 Å². The SMILES string of the molecule is CC(C)c1cc(OC(=O)c2ccc(Br)cc2)n(-c2ccc([N+](=O)[O-])cc2)n1. The predicted molar refractivity (Wildman–Crippen MR) is 103 cm³/mol. The fraction of sp³-hybridized carbons (Fsp3) is 0.158. The van der Waals surface area contributed by atoms with Crippen molar-refractivity contribution in [3.8, 4) is 11.6 Å². The molecular formula is C19H16BrN3O4. The number of ether oxygens (including phenoxy) is 1. The van der Waals surface area contributed by atoms with E-state index in [9.17, 15) is 14.9 Å². The minimum atomic E-state index is -0.513. The van der Waals surface area contributed by atoms with Gasteiger partial charge in [0.25, 0.3) is 5.69 Å². The van der Waals surface area contributed by atoms with Gasteiger partial charge in [-0.15, -0.1) is 0 Å². The van der Waals surface area contributed by atoms with Crippen LogP contribution in [0.25, 0.3) is 5.69 Å². The van der Waals surface area contributed by atoms with Crippen molar-refractivity contribution >= 4 is 27.6 Å². The topological polar surface area (TPSA) is 87.3 Å². The highest BCUT2D eigenvalue weighted by Gasteiger charge is 2.18.